The van der Waals surface area contributed by atoms with Crippen molar-refractivity contribution in [2.24, 2.45) is 0 Å². The van der Waals surface area contributed by atoms with Gasteiger partial charge in [-0.15, -0.1) is 0 Å². The summed E-state index contributed by atoms with van der Waals surface area (Å²) in [4.78, 5) is 0. The third kappa shape index (κ3) is 2.00. The Kier molecular flexibility index (Phi) is 2.96. The van der Waals surface area contributed by atoms with Gasteiger partial charge < -0.3 is 10.6 Å². The fourth-order valence-corrected chi connectivity index (χ4v) is 1.53. The van der Waals surface area contributed by atoms with E-state index >= 15 is 0 Å². The molecule has 0 spiro atoms. The molecule has 84 valence electrons. The van der Waals surface area contributed by atoms with E-state index in [1.54, 1.807) is 12.1 Å². The van der Waals surface area contributed by atoms with E-state index in [0.29, 0.717) is 5.82 Å². The molecule has 0 radical (unpaired) electrons. The van der Waals surface area contributed by atoms with E-state index in [4.69, 9.17) is 15.8 Å². The fourth-order valence-electron chi connectivity index (χ4n) is 1.53. The SMILES string of the molecule is N#CC(C#N)=CC(C#N)=C1Nc2ccccc2N1. The van der Waals surface area contributed by atoms with Crippen molar-refractivity contribution in [2.75, 3.05) is 10.6 Å². The largest absolute Gasteiger partial charge is 0.339 e. The molecule has 2 rings (SSSR count). The molecule has 1 aromatic carbocycles. The second kappa shape index (κ2) is 4.74. The van der Waals surface area contributed by atoms with Crippen LogP contribution in [0.15, 0.2) is 47.3 Å². The number of hydrogen-bond donors (Lipinski definition) is 2. The summed E-state index contributed by atoms with van der Waals surface area (Å²) >= 11 is 0. The highest BCUT2D eigenvalue weighted by atomic mass is 15.2. The molecule has 5 heteroatoms. The van der Waals surface area contributed by atoms with Gasteiger partial charge in [0, 0.05) is 0 Å². The number of hydrogen-bond acceptors (Lipinski definition) is 5. The van der Waals surface area contributed by atoms with E-state index in [0.717, 1.165) is 11.4 Å². The fraction of sp³-hybridized carbons (Fsp3) is 0. The monoisotopic (exact) mass is 233 g/mol. The van der Waals surface area contributed by atoms with E-state index in [9.17, 15) is 0 Å². The van der Waals surface area contributed by atoms with Crippen LogP contribution in [0.2, 0.25) is 0 Å². The predicted molar refractivity (Wildman–Crippen MR) is 65.6 cm³/mol. The van der Waals surface area contributed by atoms with Gasteiger partial charge in [-0.05, 0) is 18.2 Å². The molecule has 0 bridgehead atoms. The van der Waals surface area contributed by atoms with Gasteiger partial charge in [0.2, 0.25) is 0 Å². The molecule has 5 nitrogen and oxygen atoms in total. The predicted octanol–water partition coefficient (Wildman–Crippen LogP) is 2.23. The summed E-state index contributed by atoms with van der Waals surface area (Å²) in [7, 11) is 0. The summed E-state index contributed by atoms with van der Waals surface area (Å²) in [6, 6.07) is 12.9. The van der Waals surface area contributed by atoms with E-state index in [-0.39, 0.29) is 11.1 Å². The van der Waals surface area contributed by atoms with Crippen LogP contribution in [0.5, 0.6) is 0 Å². The molecule has 0 saturated carbocycles. The van der Waals surface area contributed by atoms with Gasteiger partial charge in [0.15, 0.2) is 0 Å². The second-order valence-electron chi connectivity index (χ2n) is 3.48. The molecule has 1 heterocycles. The molecule has 0 aliphatic carbocycles. The van der Waals surface area contributed by atoms with Crippen molar-refractivity contribution in [2.45, 2.75) is 0 Å². The molecular weight excluding hydrogens is 226 g/mol. The first kappa shape index (κ1) is 11.3. The quantitative estimate of drug-likeness (QED) is 0.725. The van der Waals surface area contributed by atoms with Crippen molar-refractivity contribution in [3.05, 3.63) is 47.3 Å². The van der Waals surface area contributed by atoms with Crippen molar-refractivity contribution < 1.29 is 0 Å². The maximum Gasteiger partial charge on any atom is 0.131 e. The summed E-state index contributed by atoms with van der Waals surface area (Å²) in [5, 5.41) is 32.4. The molecular formula is C13H7N5. The zero-order chi connectivity index (χ0) is 13.0. The lowest BCUT2D eigenvalue weighted by molar-refractivity contribution is 1.38. The molecule has 0 atom stereocenters. The molecule has 1 aliphatic rings. The standard InChI is InChI=1S/C13H7N5/c14-6-9(7-15)5-10(8-16)13-17-11-3-1-2-4-12(11)18-13/h1-5,17-18H. The summed E-state index contributed by atoms with van der Waals surface area (Å²) < 4.78 is 0. The van der Waals surface area contributed by atoms with Crippen LogP contribution in [0, 0.1) is 34.0 Å². The smallest absolute Gasteiger partial charge is 0.131 e. The Morgan fingerprint density at radius 3 is 1.94 bits per heavy atom. The highest BCUT2D eigenvalue weighted by molar-refractivity contribution is 5.80. The van der Waals surface area contributed by atoms with Crippen molar-refractivity contribution in [1.82, 2.24) is 0 Å². The lowest BCUT2D eigenvalue weighted by Crippen LogP contribution is -2.02. The van der Waals surface area contributed by atoms with E-state index in [2.05, 4.69) is 10.6 Å². The normalized spacial score (nSPS) is 10.8. The number of para-hydroxylation sites is 2. The number of rotatable bonds is 1. The maximum absolute atomic E-state index is 9.05. The summed E-state index contributed by atoms with van der Waals surface area (Å²) in [5.74, 6) is 0.474. The molecule has 0 saturated heterocycles. The van der Waals surface area contributed by atoms with Crippen LogP contribution >= 0.6 is 0 Å². The van der Waals surface area contributed by atoms with Crippen molar-refractivity contribution in [3.8, 4) is 18.2 Å². The Morgan fingerprint density at radius 2 is 1.50 bits per heavy atom. The molecule has 0 unspecified atom stereocenters. The van der Waals surface area contributed by atoms with Crippen LogP contribution in [-0.4, -0.2) is 0 Å². The molecule has 0 amide bonds. The third-order valence-corrected chi connectivity index (χ3v) is 2.37. The van der Waals surface area contributed by atoms with Crippen LogP contribution in [0.25, 0.3) is 0 Å². The minimum atomic E-state index is -0.112. The Balaban J connectivity index is 2.41. The third-order valence-electron chi connectivity index (χ3n) is 2.37. The van der Waals surface area contributed by atoms with Gasteiger partial charge in [0.05, 0.1) is 16.9 Å². The number of nitrogens with zero attached hydrogens (tertiary/aromatic N) is 3. The summed E-state index contributed by atoms with van der Waals surface area (Å²) in [6.45, 7) is 0. The molecule has 0 fully saturated rings. The Hall–Kier alpha value is -3.23. The van der Waals surface area contributed by atoms with Crippen LogP contribution in [0.3, 0.4) is 0 Å². The van der Waals surface area contributed by atoms with Gasteiger partial charge in [0.1, 0.15) is 29.6 Å². The second-order valence-corrected chi connectivity index (χ2v) is 3.48. The number of nitriles is 3. The van der Waals surface area contributed by atoms with Crippen molar-refractivity contribution in [1.29, 1.82) is 15.8 Å². The lowest BCUT2D eigenvalue weighted by atomic mass is 10.2. The van der Waals surface area contributed by atoms with E-state index in [1.165, 1.54) is 6.08 Å². The van der Waals surface area contributed by atoms with Gasteiger partial charge in [0.25, 0.3) is 0 Å². The molecule has 1 aromatic rings. The van der Waals surface area contributed by atoms with Crippen LogP contribution < -0.4 is 10.6 Å². The lowest BCUT2D eigenvalue weighted by Gasteiger charge is -2.00. The highest BCUT2D eigenvalue weighted by Crippen LogP contribution is 2.31. The van der Waals surface area contributed by atoms with Gasteiger partial charge in [-0.25, -0.2) is 0 Å². The Bertz CT molecular complexity index is 634. The molecule has 0 aromatic heterocycles. The first-order valence-electron chi connectivity index (χ1n) is 5.08. The number of benzene rings is 1. The molecule has 18 heavy (non-hydrogen) atoms. The summed E-state index contributed by atoms with van der Waals surface area (Å²) in [6.07, 6.45) is 1.25. The highest BCUT2D eigenvalue weighted by Gasteiger charge is 2.16. The van der Waals surface area contributed by atoms with Crippen LogP contribution in [0.4, 0.5) is 11.4 Å². The Morgan fingerprint density at radius 1 is 0.944 bits per heavy atom. The molecule has 2 N–H and O–H groups in total. The van der Waals surface area contributed by atoms with Crippen molar-refractivity contribution in [3.63, 3.8) is 0 Å². The molecule has 1 aliphatic heterocycles. The number of anilines is 2. The zero-order valence-electron chi connectivity index (χ0n) is 9.23. The average Bonchev–Trinajstić information content (AvgIpc) is 2.84. The summed E-state index contributed by atoms with van der Waals surface area (Å²) in [5.41, 5.74) is 1.80. The topological polar surface area (TPSA) is 95.4 Å². The van der Waals surface area contributed by atoms with E-state index < -0.39 is 0 Å². The number of allylic oxidation sites excluding steroid dienone is 3. The number of nitrogens with one attached hydrogen (secondary N) is 2. The maximum atomic E-state index is 9.05. The Labute approximate surface area is 104 Å². The minimum absolute atomic E-state index is 0.112. The minimum Gasteiger partial charge on any atom is -0.339 e. The first-order chi connectivity index (χ1) is 8.78. The van der Waals surface area contributed by atoms with Crippen LogP contribution in [0.1, 0.15) is 0 Å². The van der Waals surface area contributed by atoms with Crippen molar-refractivity contribution >= 4 is 11.4 Å². The average molecular weight is 233 g/mol. The van der Waals surface area contributed by atoms with Gasteiger partial charge in [-0.1, -0.05) is 12.1 Å². The van der Waals surface area contributed by atoms with Gasteiger partial charge in [-0.2, -0.15) is 15.8 Å². The van der Waals surface area contributed by atoms with Crippen LogP contribution in [-0.2, 0) is 0 Å². The van der Waals surface area contributed by atoms with E-state index in [1.807, 2.05) is 30.3 Å². The van der Waals surface area contributed by atoms with Gasteiger partial charge >= 0.3 is 0 Å². The zero-order valence-corrected chi connectivity index (χ0v) is 9.23. The van der Waals surface area contributed by atoms with Gasteiger partial charge in [-0.3, -0.25) is 0 Å². The number of fused-ring (bicyclic) bond motifs is 1. The first-order valence-corrected chi connectivity index (χ1v) is 5.08.